The summed E-state index contributed by atoms with van der Waals surface area (Å²) in [6.07, 6.45) is -7.71. The summed E-state index contributed by atoms with van der Waals surface area (Å²) in [5.74, 6) is 0. The Balaban J connectivity index is 4.45. The zero-order valence-corrected chi connectivity index (χ0v) is 9.84. The molecule has 6 nitrogen and oxygen atoms in total. The molecule has 82 valence electrons. The zero-order valence-electron chi connectivity index (χ0n) is 6.67. The van der Waals surface area contributed by atoms with Crippen LogP contribution in [-0.2, 0) is 9.59 Å². The molecular weight excluding hydrogens is 328 g/mol. The van der Waals surface area contributed by atoms with Crippen LogP contribution in [0.4, 0.5) is 0 Å². The minimum atomic E-state index is -1.95. The van der Waals surface area contributed by atoms with Crippen molar-refractivity contribution in [1.82, 2.24) is 0 Å². The Kier molecular flexibility index (Phi) is 5.94. The van der Waals surface area contributed by atoms with E-state index in [0.717, 1.165) is 0 Å². The molecule has 0 aromatic carbocycles. The van der Waals surface area contributed by atoms with Gasteiger partial charge in [0, 0.05) is 0 Å². The maximum absolute atomic E-state index is 10.5. The number of aliphatic hydroxyl groups is 4. The number of rotatable bonds is 5. The number of carbonyl (C=O) groups excluding carboxylic acids is 2. The smallest absolute Gasteiger partial charge is 0.228 e. The lowest BCUT2D eigenvalue weighted by Gasteiger charge is -2.22. The maximum Gasteiger partial charge on any atom is 0.228 e. The first kappa shape index (κ1) is 14.1. The van der Waals surface area contributed by atoms with Crippen LogP contribution in [0, 0.1) is 0 Å². The van der Waals surface area contributed by atoms with Crippen LogP contribution in [0.15, 0.2) is 0 Å². The van der Waals surface area contributed by atoms with Gasteiger partial charge in [-0.15, -0.1) is 0 Å². The van der Waals surface area contributed by atoms with Crippen molar-refractivity contribution in [3.63, 3.8) is 0 Å². The van der Waals surface area contributed by atoms with E-state index in [-0.39, 0.29) is 0 Å². The van der Waals surface area contributed by atoms with Gasteiger partial charge in [-0.25, -0.2) is 0 Å². The van der Waals surface area contributed by atoms with E-state index in [0.29, 0.717) is 0 Å². The monoisotopic (exact) mass is 334 g/mol. The lowest BCUT2D eigenvalue weighted by molar-refractivity contribution is -0.143. The molecule has 0 saturated carbocycles. The van der Waals surface area contributed by atoms with E-state index >= 15 is 0 Å². The predicted molar refractivity (Wildman–Crippen MR) is 51.9 cm³/mol. The van der Waals surface area contributed by atoms with E-state index in [1.54, 1.807) is 0 Å². The highest BCUT2D eigenvalue weighted by molar-refractivity contribution is 9.18. The molecular formula is C6H8Br2O6. The van der Waals surface area contributed by atoms with Crippen LogP contribution in [0.2, 0.25) is 0 Å². The maximum atomic E-state index is 10.5. The van der Waals surface area contributed by atoms with Crippen molar-refractivity contribution < 1.29 is 30.0 Å². The molecule has 0 aliphatic heterocycles. The summed E-state index contributed by atoms with van der Waals surface area (Å²) in [4.78, 5) is 21.0. The van der Waals surface area contributed by atoms with Gasteiger partial charge in [0.25, 0.3) is 0 Å². The van der Waals surface area contributed by atoms with Crippen molar-refractivity contribution in [2.75, 3.05) is 0 Å². The minimum absolute atomic E-state index is 0.960. The normalized spacial score (nSPS) is 19.6. The highest BCUT2D eigenvalue weighted by Gasteiger charge is 2.35. The Labute approximate surface area is 95.8 Å². The Bertz CT molecular complexity index is 208. The molecule has 0 saturated heterocycles. The van der Waals surface area contributed by atoms with E-state index < -0.39 is 33.8 Å². The molecule has 4 atom stereocenters. The van der Waals surface area contributed by atoms with E-state index in [4.69, 9.17) is 20.4 Å². The van der Waals surface area contributed by atoms with Gasteiger partial charge in [0.2, 0.25) is 9.39 Å². The van der Waals surface area contributed by atoms with Crippen LogP contribution in [0.5, 0.6) is 0 Å². The summed E-state index contributed by atoms with van der Waals surface area (Å²) in [5, 5.41) is 36.1. The second-order valence-corrected chi connectivity index (χ2v) is 4.04. The van der Waals surface area contributed by atoms with Gasteiger partial charge in [-0.1, -0.05) is 0 Å². The Hall–Kier alpha value is 0.140. The molecule has 0 fully saturated rings. The lowest BCUT2D eigenvalue weighted by atomic mass is 10.0. The predicted octanol–water partition coefficient (Wildman–Crippen LogP) is -1.73. The first-order valence-electron chi connectivity index (χ1n) is 3.40. The van der Waals surface area contributed by atoms with E-state index in [1.807, 2.05) is 0 Å². The average Bonchev–Trinajstić information content (AvgIpc) is 2.12. The molecule has 0 amide bonds. The first-order valence-corrected chi connectivity index (χ1v) is 4.98. The molecule has 14 heavy (non-hydrogen) atoms. The van der Waals surface area contributed by atoms with Gasteiger partial charge in [0.1, 0.15) is 12.2 Å². The molecule has 0 radical (unpaired) electrons. The minimum Gasteiger partial charge on any atom is -0.387 e. The highest BCUT2D eigenvalue weighted by Crippen LogP contribution is 2.10. The molecule has 0 rings (SSSR count). The van der Waals surface area contributed by atoms with Crippen LogP contribution in [-0.4, -0.2) is 54.2 Å². The highest BCUT2D eigenvalue weighted by atomic mass is 79.9. The van der Waals surface area contributed by atoms with Gasteiger partial charge < -0.3 is 20.4 Å². The summed E-state index contributed by atoms with van der Waals surface area (Å²) in [7, 11) is 0. The van der Waals surface area contributed by atoms with Gasteiger partial charge in [0.15, 0.2) is 12.2 Å². The SMILES string of the molecule is O=C(Br)[C@@H](O)[C@@H](O)[C@H](O)[C@H](O)C(=O)Br. The Morgan fingerprint density at radius 3 is 1.14 bits per heavy atom. The largest absolute Gasteiger partial charge is 0.387 e. The quantitative estimate of drug-likeness (QED) is 0.444. The van der Waals surface area contributed by atoms with Crippen LogP contribution < -0.4 is 0 Å². The third-order valence-corrected chi connectivity index (χ3v) is 2.40. The first-order chi connectivity index (χ1) is 6.29. The number of carbonyl (C=O) groups is 2. The second-order valence-electron chi connectivity index (χ2n) is 2.48. The molecule has 0 heterocycles. The molecule has 0 aliphatic rings. The van der Waals surface area contributed by atoms with Crippen LogP contribution in [0.1, 0.15) is 0 Å². The third-order valence-electron chi connectivity index (χ3n) is 1.46. The molecule has 0 unspecified atom stereocenters. The van der Waals surface area contributed by atoms with Crippen molar-refractivity contribution in [2.24, 2.45) is 0 Å². The van der Waals surface area contributed by atoms with Gasteiger partial charge in [-0.3, -0.25) is 9.59 Å². The molecule has 0 bridgehead atoms. The number of hydrogen-bond acceptors (Lipinski definition) is 6. The molecule has 0 aromatic heterocycles. The van der Waals surface area contributed by atoms with Crippen molar-refractivity contribution in [2.45, 2.75) is 24.4 Å². The van der Waals surface area contributed by atoms with Crippen LogP contribution in [0.25, 0.3) is 0 Å². The van der Waals surface area contributed by atoms with Gasteiger partial charge >= 0.3 is 0 Å². The van der Waals surface area contributed by atoms with Crippen molar-refractivity contribution in [3.05, 3.63) is 0 Å². The third kappa shape index (κ3) is 3.71. The summed E-state index contributed by atoms with van der Waals surface area (Å²) >= 11 is 4.71. The van der Waals surface area contributed by atoms with Gasteiger partial charge in [0.05, 0.1) is 0 Å². The van der Waals surface area contributed by atoms with Gasteiger partial charge in [-0.2, -0.15) is 0 Å². The van der Waals surface area contributed by atoms with Crippen LogP contribution >= 0.6 is 31.9 Å². The second kappa shape index (κ2) is 5.89. The molecule has 0 spiro atoms. The average molecular weight is 336 g/mol. The summed E-state index contributed by atoms with van der Waals surface area (Å²) in [6.45, 7) is 0. The summed E-state index contributed by atoms with van der Waals surface area (Å²) < 4.78 is -1.92. The standard InChI is InChI=1S/C6H8Br2O6/c7-5(13)3(11)1(9)2(10)4(12)6(8)14/h1-4,9-12H/t1-,2-,3-,4-/m0/s1. The zero-order chi connectivity index (χ0) is 11.5. The van der Waals surface area contributed by atoms with Crippen molar-refractivity contribution >= 4 is 41.2 Å². The number of halogens is 2. The lowest BCUT2D eigenvalue weighted by Crippen LogP contribution is -2.48. The van der Waals surface area contributed by atoms with E-state index in [2.05, 4.69) is 31.9 Å². The van der Waals surface area contributed by atoms with Crippen molar-refractivity contribution in [3.8, 4) is 0 Å². The molecule has 0 aromatic rings. The van der Waals surface area contributed by atoms with E-state index in [1.165, 1.54) is 0 Å². The molecule has 8 heteroatoms. The number of aliphatic hydroxyl groups excluding tert-OH is 4. The fourth-order valence-corrected chi connectivity index (χ4v) is 1.18. The summed E-state index contributed by atoms with van der Waals surface area (Å²) in [6, 6.07) is 0. The molecule has 0 aliphatic carbocycles. The number of hydrogen-bond donors (Lipinski definition) is 4. The van der Waals surface area contributed by atoms with Crippen molar-refractivity contribution in [1.29, 1.82) is 0 Å². The molecule has 4 N–H and O–H groups in total. The fraction of sp³-hybridized carbons (Fsp3) is 0.667. The van der Waals surface area contributed by atoms with E-state index in [9.17, 15) is 9.59 Å². The summed E-state index contributed by atoms with van der Waals surface area (Å²) in [5.41, 5.74) is 0. The van der Waals surface area contributed by atoms with Gasteiger partial charge in [-0.05, 0) is 31.9 Å². The topological polar surface area (TPSA) is 115 Å². The van der Waals surface area contributed by atoms with Crippen LogP contribution in [0.3, 0.4) is 0 Å². The Morgan fingerprint density at radius 2 is 1.00 bits per heavy atom. The Morgan fingerprint density at radius 1 is 0.786 bits per heavy atom. The fourth-order valence-electron chi connectivity index (χ4n) is 0.642.